The van der Waals surface area contributed by atoms with E-state index in [-0.39, 0.29) is 18.1 Å². The molecule has 0 aromatic heterocycles. The molecule has 0 aliphatic heterocycles. The second-order valence-electron chi connectivity index (χ2n) is 6.07. The number of primary amides is 1. The van der Waals surface area contributed by atoms with Gasteiger partial charge in [0.25, 0.3) is 0 Å². The van der Waals surface area contributed by atoms with E-state index in [1.165, 1.54) is 11.1 Å². The highest BCUT2D eigenvalue weighted by Gasteiger charge is 2.13. The number of nitrogens with one attached hydrogen (secondary N) is 1. The van der Waals surface area contributed by atoms with Crippen molar-refractivity contribution in [1.82, 2.24) is 5.32 Å². The summed E-state index contributed by atoms with van der Waals surface area (Å²) in [4.78, 5) is 10.5. The summed E-state index contributed by atoms with van der Waals surface area (Å²) in [5, 5.41) is 3.35. The largest absolute Gasteiger partial charge is 0.370 e. The molecule has 20 heavy (non-hydrogen) atoms. The minimum atomic E-state index is -0.434. The molecule has 0 bridgehead atoms. The molecule has 1 atom stereocenters. The van der Waals surface area contributed by atoms with Crippen LogP contribution in [0.1, 0.15) is 44.9 Å². The van der Waals surface area contributed by atoms with E-state index in [9.17, 15) is 4.79 Å². The zero-order valence-corrected chi connectivity index (χ0v) is 12.9. The summed E-state index contributed by atoms with van der Waals surface area (Å²) in [5.74, 6) is -0.434. The van der Waals surface area contributed by atoms with Gasteiger partial charge in [-0.25, -0.2) is 0 Å². The van der Waals surface area contributed by atoms with Gasteiger partial charge in [-0.3, -0.25) is 4.79 Å². The molecule has 0 aliphatic rings. The molecule has 1 rings (SSSR count). The number of rotatable bonds is 7. The number of hydrogen-bond donors (Lipinski definition) is 2. The maximum atomic E-state index is 10.5. The Bertz CT molecular complexity index is 421. The normalized spacial score (nSPS) is 13.2. The molecule has 1 amide bonds. The van der Waals surface area contributed by atoms with Crippen molar-refractivity contribution in [2.24, 2.45) is 5.73 Å². The Kier molecular flexibility index (Phi) is 6.17. The zero-order chi connectivity index (χ0) is 15.2. The van der Waals surface area contributed by atoms with Crippen molar-refractivity contribution < 1.29 is 9.53 Å². The number of nitrogens with two attached hydrogens (primary N) is 1. The fraction of sp³-hybridized carbons (Fsp3) is 0.562. The molecule has 0 aliphatic carbocycles. The predicted molar refractivity (Wildman–Crippen MR) is 81.6 cm³/mol. The van der Waals surface area contributed by atoms with Gasteiger partial charge in [-0.15, -0.1) is 0 Å². The molecule has 0 saturated carbocycles. The van der Waals surface area contributed by atoms with Crippen molar-refractivity contribution >= 4 is 5.91 Å². The van der Waals surface area contributed by atoms with Crippen molar-refractivity contribution in [2.45, 2.75) is 39.2 Å². The van der Waals surface area contributed by atoms with Gasteiger partial charge in [-0.05, 0) is 23.5 Å². The quantitative estimate of drug-likeness (QED) is 0.751. The molecule has 0 heterocycles. The van der Waals surface area contributed by atoms with Gasteiger partial charge in [0.05, 0.1) is 6.61 Å². The topological polar surface area (TPSA) is 64.3 Å². The van der Waals surface area contributed by atoms with E-state index in [0.717, 1.165) is 0 Å². The Morgan fingerprint density at radius 3 is 2.40 bits per heavy atom. The van der Waals surface area contributed by atoms with E-state index in [1.54, 1.807) is 0 Å². The van der Waals surface area contributed by atoms with Gasteiger partial charge < -0.3 is 15.8 Å². The Morgan fingerprint density at radius 1 is 1.30 bits per heavy atom. The molecule has 1 aromatic rings. The summed E-state index contributed by atoms with van der Waals surface area (Å²) in [5.41, 5.74) is 7.74. The monoisotopic (exact) mass is 278 g/mol. The first-order valence-electron chi connectivity index (χ1n) is 7.00. The van der Waals surface area contributed by atoms with E-state index in [1.807, 2.05) is 0 Å². The van der Waals surface area contributed by atoms with Crippen LogP contribution < -0.4 is 11.1 Å². The summed E-state index contributed by atoms with van der Waals surface area (Å²) in [6, 6.07) is 8.92. The number of carbonyl (C=O) groups is 1. The summed E-state index contributed by atoms with van der Waals surface area (Å²) < 4.78 is 5.11. The molecule has 1 unspecified atom stereocenters. The lowest BCUT2D eigenvalue weighted by molar-refractivity contribution is -0.122. The molecule has 112 valence electrons. The standard InChI is InChI=1S/C16H26N2O2/c1-12(18-9-10-20-11-15(17)19)13-5-7-14(8-6-13)16(2,3)4/h5-8,12,18H,9-11H2,1-4H3,(H2,17,19). The minimum Gasteiger partial charge on any atom is -0.370 e. The molecule has 1 aromatic carbocycles. The van der Waals surface area contributed by atoms with Gasteiger partial charge in [0.1, 0.15) is 6.61 Å². The fourth-order valence-corrected chi connectivity index (χ4v) is 1.91. The Balaban J connectivity index is 2.40. The molecule has 0 saturated heterocycles. The fourth-order valence-electron chi connectivity index (χ4n) is 1.91. The van der Waals surface area contributed by atoms with Gasteiger partial charge in [0.15, 0.2) is 0 Å². The first-order chi connectivity index (χ1) is 9.30. The summed E-state index contributed by atoms with van der Waals surface area (Å²) in [6.07, 6.45) is 0. The van der Waals surface area contributed by atoms with Gasteiger partial charge >= 0.3 is 0 Å². The third-order valence-corrected chi connectivity index (χ3v) is 3.22. The highest BCUT2D eigenvalue weighted by molar-refractivity contribution is 5.74. The first kappa shape index (κ1) is 16.7. The summed E-state index contributed by atoms with van der Waals surface area (Å²) >= 11 is 0. The molecule has 3 N–H and O–H groups in total. The van der Waals surface area contributed by atoms with Crippen LogP contribution in [0.15, 0.2) is 24.3 Å². The Labute approximate surface area is 121 Å². The van der Waals surface area contributed by atoms with E-state index < -0.39 is 5.91 Å². The van der Waals surface area contributed by atoms with E-state index >= 15 is 0 Å². The van der Waals surface area contributed by atoms with Crippen LogP contribution in [0.2, 0.25) is 0 Å². The first-order valence-corrected chi connectivity index (χ1v) is 7.00. The van der Waals surface area contributed by atoms with Crippen molar-refractivity contribution in [3.63, 3.8) is 0 Å². The van der Waals surface area contributed by atoms with Crippen LogP contribution in [-0.2, 0) is 14.9 Å². The van der Waals surface area contributed by atoms with Crippen LogP contribution in [0, 0.1) is 0 Å². The van der Waals surface area contributed by atoms with E-state index in [0.29, 0.717) is 13.2 Å². The second-order valence-corrected chi connectivity index (χ2v) is 6.07. The van der Waals surface area contributed by atoms with Crippen LogP contribution >= 0.6 is 0 Å². The lowest BCUT2D eigenvalue weighted by Gasteiger charge is -2.20. The Hall–Kier alpha value is -1.39. The van der Waals surface area contributed by atoms with Crippen LogP contribution in [0.3, 0.4) is 0 Å². The van der Waals surface area contributed by atoms with Crippen LogP contribution in [-0.4, -0.2) is 25.7 Å². The second kappa shape index (κ2) is 7.41. The predicted octanol–water partition coefficient (Wildman–Crippen LogP) is 2.14. The lowest BCUT2D eigenvalue weighted by atomic mass is 9.86. The molecule has 0 spiro atoms. The molecule has 4 heteroatoms. The SMILES string of the molecule is CC(NCCOCC(N)=O)c1ccc(C(C)(C)C)cc1. The number of hydrogen-bond acceptors (Lipinski definition) is 3. The maximum Gasteiger partial charge on any atom is 0.243 e. The highest BCUT2D eigenvalue weighted by Crippen LogP contribution is 2.23. The van der Waals surface area contributed by atoms with Gasteiger partial charge in [-0.2, -0.15) is 0 Å². The molecule has 0 fully saturated rings. The van der Waals surface area contributed by atoms with E-state index in [2.05, 4.69) is 57.3 Å². The Morgan fingerprint density at radius 2 is 1.90 bits per heavy atom. The molecular weight excluding hydrogens is 252 g/mol. The van der Waals surface area contributed by atoms with Gasteiger partial charge in [0, 0.05) is 12.6 Å². The molecular formula is C16H26N2O2. The van der Waals surface area contributed by atoms with Crippen LogP contribution in [0.25, 0.3) is 0 Å². The number of benzene rings is 1. The highest BCUT2D eigenvalue weighted by atomic mass is 16.5. The van der Waals surface area contributed by atoms with Crippen molar-refractivity contribution in [3.8, 4) is 0 Å². The third kappa shape index (κ3) is 5.72. The van der Waals surface area contributed by atoms with Crippen molar-refractivity contribution in [3.05, 3.63) is 35.4 Å². The van der Waals surface area contributed by atoms with Gasteiger partial charge in [-0.1, -0.05) is 45.0 Å². The smallest absolute Gasteiger partial charge is 0.243 e. The van der Waals surface area contributed by atoms with Crippen LogP contribution in [0.5, 0.6) is 0 Å². The van der Waals surface area contributed by atoms with Crippen LogP contribution in [0.4, 0.5) is 0 Å². The average Bonchev–Trinajstić information content (AvgIpc) is 2.37. The summed E-state index contributed by atoms with van der Waals surface area (Å²) in [7, 11) is 0. The van der Waals surface area contributed by atoms with Gasteiger partial charge in [0.2, 0.25) is 5.91 Å². The maximum absolute atomic E-state index is 10.5. The minimum absolute atomic E-state index is 0.0175. The average molecular weight is 278 g/mol. The number of ether oxygens (including phenoxy) is 1. The molecule has 0 radical (unpaired) electrons. The molecule has 4 nitrogen and oxygen atoms in total. The van der Waals surface area contributed by atoms with Crippen molar-refractivity contribution in [2.75, 3.05) is 19.8 Å². The summed E-state index contributed by atoms with van der Waals surface area (Å²) in [6.45, 7) is 9.89. The van der Waals surface area contributed by atoms with Crippen molar-refractivity contribution in [1.29, 1.82) is 0 Å². The number of amides is 1. The number of carbonyl (C=O) groups excluding carboxylic acids is 1. The third-order valence-electron chi connectivity index (χ3n) is 3.22. The lowest BCUT2D eigenvalue weighted by Crippen LogP contribution is -2.26. The zero-order valence-electron chi connectivity index (χ0n) is 12.9. The van der Waals surface area contributed by atoms with E-state index in [4.69, 9.17) is 10.5 Å².